The van der Waals surface area contributed by atoms with Crippen molar-refractivity contribution in [2.24, 2.45) is 5.92 Å². The minimum absolute atomic E-state index is 0.0479. The van der Waals surface area contributed by atoms with Crippen LogP contribution in [-0.4, -0.2) is 71.1 Å². The average molecular weight is 483 g/mol. The highest BCUT2D eigenvalue weighted by Crippen LogP contribution is 2.30. The number of hydrogen-bond donors (Lipinski definition) is 1. The summed E-state index contributed by atoms with van der Waals surface area (Å²) >= 11 is 1.55. The molecule has 34 heavy (non-hydrogen) atoms. The summed E-state index contributed by atoms with van der Waals surface area (Å²) in [6.07, 6.45) is 6.20. The van der Waals surface area contributed by atoms with Gasteiger partial charge in [0, 0.05) is 44.7 Å². The molecule has 2 amide bonds. The Morgan fingerprint density at radius 3 is 2.82 bits per heavy atom. The predicted octanol–water partition coefficient (Wildman–Crippen LogP) is 2.81. The quantitative estimate of drug-likeness (QED) is 0.497. The van der Waals surface area contributed by atoms with Gasteiger partial charge in [-0.1, -0.05) is 11.3 Å². The van der Waals surface area contributed by atoms with Crippen LogP contribution in [0, 0.1) is 5.92 Å². The molecule has 2 aromatic heterocycles. The van der Waals surface area contributed by atoms with Gasteiger partial charge in [-0.3, -0.25) is 9.59 Å². The van der Waals surface area contributed by atoms with Crippen molar-refractivity contribution in [3.05, 3.63) is 30.5 Å². The fourth-order valence-electron chi connectivity index (χ4n) is 4.65. The van der Waals surface area contributed by atoms with Gasteiger partial charge in [-0.25, -0.2) is 9.50 Å². The molecule has 1 unspecified atom stereocenters. The summed E-state index contributed by atoms with van der Waals surface area (Å²) in [5.74, 6) is 1.10. The first-order valence-electron chi connectivity index (χ1n) is 11.9. The number of methoxy groups -OCH3 is 1. The molecule has 5 rings (SSSR count). The Labute approximate surface area is 202 Å². The molecule has 2 aliphatic rings. The minimum Gasteiger partial charge on any atom is -0.497 e. The van der Waals surface area contributed by atoms with Crippen LogP contribution in [0.15, 0.2) is 30.5 Å². The molecule has 0 spiro atoms. The van der Waals surface area contributed by atoms with Gasteiger partial charge in [0.15, 0.2) is 0 Å². The standard InChI is InChI=1S/C24H30N6O3S/c1-33-19-9-7-17(8-10-19)20-16-30-23(26-20)34-24(27-30)29-13-2-5-18(15-29)22(32)25-11-4-14-28-12-3-6-21(28)31/h7-10,16,18H,2-6,11-15H2,1H3,(H,25,32). The number of benzene rings is 1. The van der Waals surface area contributed by atoms with E-state index in [9.17, 15) is 9.59 Å². The number of nitrogens with one attached hydrogen (secondary N) is 1. The number of rotatable bonds is 8. The van der Waals surface area contributed by atoms with Crippen LogP contribution in [-0.2, 0) is 9.59 Å². The average Bonchev–Trinajstić information content (AvgIpc) is 3.57. The molecule has 0 bridgehead atoms. The number of ether oxygens (including phenoxy) is 1. The van der Waals surface area contributed by atoms with Crippen molar-refractivity contribution >= 4 is 33.2 Å². The van der Waals surface area contributed by atoms with E-state index in [2.05, 4.69) is 10.2 Å². The first-order valence-corrected chi connectivity index (χ1v) is 12.7. The van der Waals surface area contributed by atoms with Crippen LogP contribution in [0.25, 0.3) is 16.2 Å². The second-order valence-electron chi connectivity index (χ2n) is 8.88. The smallest absolute Gasteiger partial charge is 0.224 e. The van der Waals surface area contributed by atoms with Crippen LogP contribution in [0.1, 0.15) is 32.1 Å². The fourth-order valence-corrected chi connectivity index (χ4v) is 5.57. The second kappa shape index (κ2) is 10.0. The number of hydrogen-bond acceptors (Lipinski definition) is 7. The molecule has 180 valence electrons. The molecule has 0 saturated carbocycles. The van der Waals surface area contributed by atoms with E-state index >= 15 is 0 Å². The molecule has 2 fully saturated rings. The summed E-state index contributed by atoms with van der Waals surface area (Å²) < 4.78 is 7.05. The molecule has 0 aliphatic carbocycles. The highest BCUT2D eigenvalue weighted by molar-refractivity contribution is 7.20. The van der Waals surface area contributed by atoms with Gasteiger partial charge in [0.2, 0.25) is 21.9 Å². The first kappa shape index (κ1) is 22.6. The molecule has 9 nitrogen and oxygen atoms in total. The maximum atomic E-state index is 12.7. The summed E-state index contributed by atoms with van der Waals surface area (Å²) in [6.45, 7) is 3.75. The van der Waals surface area contributed by atoms with E-state index in [4.69, 9.17) is 14.8 Å². The molecule has 1 atom stereocenters. The number of carbonyl (C=O) groups excluding carboxylic acids is 2. The summed E-state index contributed by atoms with van der Waals surface area (Å²) in [4.78, 5) is 34.1. The molecule has 10 heteroatoms. The van der Waals surface area contributed by atoms with Crippen LogP contribution in [0.3, 0.4) is 0 Å². The molecule has 3 aromatic rings. The van der Waals surface area contributed by atoms with Crippen LogP contribution in [0.5, 0.6) is 5.75 Å². The maximum Gasteiger partial charge on any atom is 0.224 e. The topological polar surface area (TPSA) is 92.1 Å². The van der Waals surface area contributed by atoms with Crippen molar-refractivity contribution in [2.45, 2.75) is 32.1 Å². The lowest BCUT2D eigenvalue weighted by molar-refractivity contribution is -0.127. The number of anilines is 1. The zero-order valence-electron chi connectivity index (χ0n) is 19.4. The predicted molar refractivity (Wildman–Crippen MR) is 131 cm³/mol. The number of likely N-dealkylation sites (tertiary alicyclic amines) is 1. The van der Waals surface area contributed by atoms with Crippen molar-refractivity contribution in [3.8, 4) is 17.0 Å². The largest absolute Gasteiger partial charge is 0.497 e. The lowest BCUT2D eigenvalue weighted by Crippen LogP contribution is -2.43. The highest BCUT2D eigenvalue weighted by Gasteiger charge is 2.28. The molecule has 4 heterocycles. The highest BCUT2D eigenvalue weighted by atomic mass is 32.1. The van der Waals surface area contributed by atoms with Gasteiger partial charge >= 0.3 is 0 Å². The number of aromatic nitrogens is 3. The third kappa shape index (κ3) is 4.86. The van der Waals surface area contributed by atoms with Crippen molar-refractivity contribution in [3.63, 3.8) is 0 Å². The number of imidazole rings is 1. The Morgan fingerprint density at radius 2 is 2.09 bits per heavy atom. The Bertz CT molecular complexity index is 1130. The molecular weight excluding hydrogens is 452 g/mol. The first-order chi connectivity index (χ1) is 16.6. The molecule has 1 aromatic carbocycles. The maximum absolute atomic E-state index is 12.7. The molecule has 0 radical (unpaired) electrons. The van der Waals surface area contributed by atoms with Gasteiger partial charge in [0.05, 0.1) is 24.9 Å². The van der Waals surface area contributed by atoms with Crippen LogP contribution in [0.2, 0.25) is 0 Å². The summed E-state index contributed by atoms with van der Waals surface area (Å²) in [7, 11) is 1.65. The summed E-state index contributed by atoms with van der Waals surface area (Å²) in [5.41, 5.74) is 1.89. The monoisotopic (exact) mass is 482 g/mol. The zero-order chi connectivity index (χ0) is 23.5. The Hall–Kier alpha value is -3.14. The van der Waals surface area contributed by atoms with E-state index in [1.54, 1.807) is 18.4 Å². The van der Waals surface area contributed by atoms with Crippen molar-refractivity contribution in [1.29, 1.82) is 0 Å². The third-order valence-corrected chi connectivity index (χ3v) is 7.54. The van der Waals surface area contributed by atoms with Gasteiger partial charge in [-0.2, -0.15) is 0 Å². The van der Waals surface area contributed by atoms with Gasteiger partial charge in [-0.15, -0.1) is 5.10 Å². The molecule has 2 aliphatic heterocycles. The van der Waals surface area contributed by atoms with Crippen LogP contribution < -0.4 is 15.0 Å². The minimum atomic E-state index is -0.0479. The van der Waals surface area contributed by atoms with E-state index in [1.807, 2.05) is 39.9 Å². The molecule has 2 saturated heterocycles. The SMILES string of the molecule is COc1ccc(-c2cn3nc(N4CCCC(C(=O)NCCCN5CCCC5=O)C4)sc3n2)cc1. The Kier molecular flexibility index (Phi) is 6.66. The number of fused-ring (bicyclic) bond motifs is 1. The van der Waals surface area contributed by atoms with E-state index in [0.717, 1.165) is 72.4 Å². The number of nitrogens with zero attached hydrogens (tertiary/aromatic N) is 5. The number of piperidine rings is 1. The van der Waals surface area contributed by atoms with E-state index in [-0.39, 0.29) is 17.7 Å². The van der Waals surface area contributed by atoms with Gasteiger partial charge in [0.25, 0.3) is 0 Å². The van der Waals surface area contributed by atoms with Crippen LogP contribution in [0.4, 0.5) is 5.13 Å². The second-order valence-corrected chi connectivity index (χ2v) is 9.81. The van der Waals surface area contributed by atoms with Crippen LogP contribution >= 0.6 is 11.3 Å². The zero-order valence-corrected chi connectivity index (χ0v) is 20.2. The van der Waals surface area contributed by atoms with Gasteiger partial charge < -0.3 is 19.9 Å². The molecule has 1 N–H and O–H groups in total. The summed E-state index contributed by atoms with van der Waals surface area (Å²) in [5, 5.41) is 8.71. The third-order valence-electron chi connectivity index (χ3n) is 6.56. The van der Waals surface area contributed by atoms with E-state index in [0.29, 0.717) is 19.5 Å². The lowest BCUT2D eigenvalue weighted by atomic mass is 9.97. The van der Waals surface area contributed by atoms with Crippen molar-refractivity contribution < 1.29 is 14.3 Å². The van der Waals surface area contributed by atoms with E-state index in [1.165, 1.54) is 0 Å². The summed E-state index contributed by atoms with van der Waals surface area (Å²) in [6, 6.07) is 7.82. The van der Waals surface area contributed by atoms with Gasteiger partial charge in [-0.05, 0) is 49.9 Å². The normalized spacial score (nSPS) is 18.6. The number of carbonyl (C=O) groups is 2. The number of amides is 2. The Morgan fingerprint density at radius 1 is 1.24 bits per heavy atom. The van der Waals surface area contributed by atoms with E-state index < -0.39 is 0 Å². The Balaban J connectivity index is 1.16. The fraction of sp³-hybridized carbons (Fsp3) is 0.500. The van der Waals surface area contributed by atoms with Crippen molar-refractivity contribution in [1.82, 2.24) is 24.8 Å². The van der Waals surface area contributed by atoms with Gasteiger partial charge in [0.1, 0.15) is 5.75 Å². The van der Waals surface area contributed by atoms with Crippen molar-refractivity contribution in [2.75, 3.05) is 44.7 Å². The molecular formula is C24H30N6O3S. The lowest BCUT2D eigenvalue weighted by Gasteiger charge is -2.31.